The van der Waals surface area contributed by atoms with E-state index in [2.05, 4.69) is 9.97 Å². The standard InChI is InChI=1S/C8H10N2O3S2/c11-6-4-15(12,13)5-7(6)14-8-9-2-1-3-10-8/h1-3,6-7,11H,4-5H2. The Morgan fingerprint density at radius 1 is 1.33 bits per heavy atom. The fourth-order valence-corrected chi connectivity index (χ4v) is 4.79. The van der Waals surface area contributed by atoms with Gasteiger partial charge in [0, 0.05) is 12.4 Å². The maximum atomic E-state index is 11.2. The molecule has 2 rings (SSSR count). The van der Waals surface area contributed by atoms with Crippen LogP contribution in [0.15, 0.2) is 23.6 Å². The van der Waals surface area contributed by atoms with Crippen LogP contribution in [0.2, 0.25) is 0 Å². The molecule has 1 aromatic heterocycles. The van der Waals surface area contributed by atoms with Gasteiger partial charge in [0.05, 0.1) is 22.9 Å². The van der Waals surface area contributed by atoms with Gasteiger partial charge in [-0.15, -0.1) is 0 Å². The monoisotopic (exact) mass is 246 g/mol. The zero-order valence-corrected chi connectivity index (χ0v) is 9.41. The second-order valence-corrected chi connectivity index (χ2v) is 6.69. The highest BCUT2D eigenvalue weighted by Gasteiger charge is 2.37. The number of aliphatic hydroxyl groups is 1. The second kappa shape index (κ2) is 4.07. The molecule has 2 heterocycles. The Morgan fingerprint density at radius 3 is 2.53 bits per heavy atom. The number of hydrogen-bond donors (Lipinski definition) is 1. The first-order valence-electron chi connectivity index (χ1n) is 4.39. The highest BCUT2D eigenvalue weighted by molar-refractivity contribution is 8.01. The van der Waals surface area contributed by atoms with E-state index in [4.69, 9.17) is 0 Å². The lowest BCUT2D eigenvalue weighted by Crippen LogP contribution is -2.20. The minimum atomic E-state index is -3.09. The van der Waals surface area contributed by atoms with E-state index < -0.39 is 15.9 Å². The van der Waals surface area contributed by atoms with E-state index in [-0.39, 0.29) is 16.8 Å². The van der Waals surface area contributed by atoms with E-state index in [0.29, 0.717) is 5.16 Å². The maximum Gasteiger partial charge on any atom is 0.187 e. The molecule has 1 aliphatic heterocycles. The van der Waals surface area contributed by atoms with Gasteiger partial charge in [0.25, 0.3) is 0 Å². The smallest absolute Gasteiger partial charge is 0.187 e. The van der Waals surface area contributed by atoms with Gasteiger partial charge in [-0.3, -0.25) is 0 Å². The average Bonchev–Trinajstić information content (AvgIpc) is 2.41. The zero-order valence-electron chi connectivity index (χ0n) is 7.78. The first kappa shape index (κ1) is 10.8. The summed E-state index contributed by atoms with van der Waals surface area (Å²) >= 11 is 1.21. The van der Waals surface area contributed by atoms with Crippen molar-refractivity contribution in [3.8, 4) is 0 Å². The molecule has 15 heavy (non-hydrogen) atoms. The average molecular weight is 246 g/mol. The van der Waals surface area contributed by atoms with Crippen molar-refractivity contribution in [2.24, 2.45) is 0 Å². The molecule has 1 aromatic rings. The van der Waals surface area contributed by atoms with Crippen LogP contribution in [-0.2, 0) is 9.84 Å². The lowest BCUT2D eigenvalue weighted by atomic mass is 10.3. The van der Waals surface area contributed by atoms with Gasteiger partial charge < -0.3 is 5.11 Å². The van der Waals surface area contributed by atoms with Crippen molar-refractivity contribution in [3.63, 3.8) is 0 Å². The Bertz CT molecular complexity index is 434. The van der Waals surface area contributed by atoms with Crippen molar-refractivity contribution in [1.29, 1.82) is 0 Å². The predicted octanol–water partition coefficient (Wildman–Crippen LogP) is -0.273. The SMILES string of the molecule is O=S1(=O)CC(O)C(Sc2ncccn2)C1. The van der Waals surface area contributed by atoms with Crippen molar-refractivity contribution < 1.29 is 13.5 Å². The van der Waals surface area contributed by atoms with Gasteiger partial charge in [0.1, 0.15) is 0 Å². The number of rotatable bonds is 2. The van der Waals surface area contributed by atoms with E-state index in [1.54, 1.807) is 18.5 Å². The molecule has 1 saturated heterocycles. The molecular weight excluding hydrogens is 236 g/mol. The summed E-state index contributed by atoms with van der Waals surface area (Å²) in [6.45, 7) is 0. The molecular formula is C8H10N2O3S2. The van der Waals surface area contributed by atoms with Gasteiger partial charge in [-0.2, -0.15) is 0 Å². The first-order valence-corrected chi connectivity index (χ1v) is 7.09. The summed E-state index contributed by atoms with van der Waals surface area (Å²) in [6, 6.07) is 1.69. The van der Waals surface area contributed by atoms with Crippen molar-refractivity contribution in [2.45, 2.75) is 16.5 Å². The zero-order chi connectivity index (χ0) is 10.9. The fraction of sp³-hybridized carbons (Fsp3) is 0.500. The fourth-order valence-electron chi connectivity index (χ4n) is 1.39. The molecule has 1 N–H and O–H groups in total. The van der Waals surface area contributed by atoms with Crippen LogP contribution in [0.25, 0.3) is 0 Å². The minimum absolute atomic E-state index is 0.00289. The minimum Gasteiger partial charge on any atom is -0.391 e. The van der Waals surface area contributed by atoms with Crippen LogP contribution in [0.4, 0.5) is 0 Å². The molecule has 0 spiro atoms. The van der Waals surface area contributed by atoms with Gasteiger partial charge >= 0.3 is 0 Å². The Kier molecular flexibility index (Phi) is 2.94. The van der Waals surface area contributed by atoms with Crippen molar-refractivity contribution in [2.75, 3.05) is 11.5 Å². The molecule has 1 fully saturated rings. The third-order valence-corrected chi connectivity index (χ3v) is 5.20. The third kappa shape index (κ3) is 2.67. The summed E-state index contributed by atoms with van der Waals surface area (Å²) in [7, 11) is -3.09. The normalized spacial score (nSPS) is 29.1. The molecule has 82 valence electrons. The molecule has 5 nitrogen and oxygen atoms in total. The number of nitrogens with zero attached hydrogens (tertiary/aromatic N) is 2. The predicted molar refractivity (Wildman–Crippen MR) is 56.3 cm³/mol. The lowest BCUT2D eigenvalue weighted by molar-refractivity contribution is 0.207. The summed E-state index contributed by atoms with van der Waals surface area (Å²) in [6.07, 6.45) is 2.36. The van der Waals surface area contributed by atoms with Gasteiger partial charge in [-0.1, -0.05) is 11.8 Å². The summed E-state index contributed by atoms with van der Waals surface area (Å²) in [5.74, 6) is -0.158. The molecule has 7 heteroatoms. The number of aromatic nitrogens is 2. The van der Waals surface area contributed by atoms with Crippen LogP contribution in [0.1, 0.15) is 0 Å². The van der Waals surface area contributed by atoms with Crippen LogP contribution < -0.4 is 0 Å². The molecule has 1 aliphatic rings. The quantitative estimate of drug-likeness (QED) is 0.723. The van der Waals surface area contributed by atoms with Crippen LogP contribution >= 0.6 is 11.8 Å². The number of thioether (sulfide) groups is 1. The second-order valence-electron chi connectivity index (χ2n) is 3.33. The highest BCUT2D eigenvalue weighted by atomic mass is 32.2. The van der Waals surface area contributed by atoms with E-state index in [9.17, 15) is 13.5 Å². The molecule has 2 unspecified atom stereocenters. The van der Waals surface area contributed by atoms with Gasteiger partial charge in [0.2, 0.25) is 0 Å². The summed E-state index contributed by atoms with van der Waals surface area (Å²) in [5.41, 5.74) is 0. The van der Waals surface area contributed by atoms with Crippen LogP contribution in [0.5, 0.6) is 0 Å². The van der Waals surface area contributed by atoms with Gasteiger partial charge in [-0.05, 0) is 6.07 Å². The number of sulfone groups is 1. The number of aliphatic hydroxyl groups excluding tert-OH is 1. The van der Waals surface area contributed by atoms with Crippen molar-refractivity contribution in [3.05, 3.63) is 18.5 Å². The Morgan fingerprint density at radius 2 is 2.00 bits per heavy atom. The van der Waals surface area contributed by atoms with Gasteiger partial charge in [0.15, 0.2) is 15.0 Å². The lowest BCUT2D eigenvalue weighted by Gasteiger charge is -2.09. The summed E-state index contributed by atoms with van der Waals surface area (Å²) < 4.78 is 22.5. The van der Waals surface area contributed by atoms with Crippen molar-refractivity contribution >= 4 is 21.6 Å². The first-order chi connectivity index (χ1) is 7.07. The Labute approximate surface area is 91.9 Å². The molecule has 0 amide bonds. The molecule has 0 bridgehead atoms. The molecule has 0 radical (unpaired) electrons. The topological polar surface area (TPSA) is 80.2 Å². The van der Waals surface area contributed by atoms with Crippen molar-refractivity contribution in [1.82, 2.24) is 9.97 Å². The number of hydrogen-bond acceptors (Lipinski definition) is 6. The Balaban J connectivity index is 2.08. The Hall–Kier alpha value is -0.660. The third-order valence-electron chi connectivity index (χ3n) is 2.07. The summed E-state index contributed by atoms with van der Waals surface area (Å²) in [5, 5.41) is 9.68. The van der Waals surface area contributed by atoms with Crippen LogP contribution in [0, 0.1) is 0 Å². The molecule has 0 aliphatic carbocycles. The van der Waals surface area contributed by atoms with E-state index in [1.165, 1.54) is 11.8 Å². The van der Waals surface area contributed by atoms with Crippen LogP contribution in [0.3, 0.4) is 0 Å². The van der Waals surface area contributed by atoms with E-state index >= 15 is 0 Å². The summed E-state index contributed by atoms with van der Waals surface area (Å²) in [4.78, 5) is 7.94. The largest absolute Gasteiger partial charge is 0.391 e. The maximum absolute atomic E-state index is 11.2. The molecule has 0 aromatic carbocycles. The van der Waals surface area contributed by atoms with Crippen LogP contribution in [-0.4, -0.2) is 46.4 Å². The highest BCUT2D eigenvalue weighted by Crippen LogP contribution is 2.28. The van der Waals surface area contributed by atoms with Gasteiger partial charge in [-0.25, -0.2) is 18.4 Å². The molecule has 0 saturated carbocycles. The van der Waals surface area contributed by atoms with E-state index in [0.717, 1.165) is 0 Å². The van der Waals surface area contributed by atoms with E-state index in [1.807, 2.05) is 0 Å². The molecule has 2 atom stereocenters.